The first-order chi connectivity index (χ1) is 9.56. The van der Waals surface area contributed by atoms with Crippen molar-refractivity contribution in [3.05, 3.63) is 57.3 Å². The van der Waals surface area contributed by atoms with E-state index in [2.05, 4.69) is 5.32 Å². The number of benzene rings is 2. The molecule has 0 radical (unpaired) electrons. The minimum atomic E-state index is -0.159. The van der Waals surface area contributed by atoms with E-state index in [1.165, 1.54) is 6.07 Å². The van der Waals surface area contributed by atoms with Crippen LogP contribution in [0.5, 0.6) is 5.75 Å². The van der Waals surface area contributed by atoms with Gasteiger partial charge in [0.1, 0.15) is 5.82 Å². The molecule has 20 heavy (non-hydrogen) atoms. The van der Waals surface area contributed by atoms with Crippen LogP contribution < -0.4 is 5.32 Å². The van der Waals surface area contributed by atoms with Crippen LogP contribution in [0.1, 0.15) is 23.6 Å². The Morgan fingerprint density at radius 2 is 1.90 bits per heavy atom. The molecule has 0 amide bonds. The van der Waals surface area contributed by atoms with Gasteiger partial charge in [-0.25, -0.2) is 4.39 Å². The Kier molecular flexibility index (Phi) is 3.48. The predicted molar refractivity (Wildman–Crippen MR) is 79.2 cm³/mol. The lowest BCUT2D eigenvalue weighted by Crippen LogP contribution is -2.07. The summed E-state index contributed by atoms with van der Waals surface area (Å²) in [6.07, 6.45) is 1.52. The maximum absolute atomic E-state index is 13.7. The zero-order chi connectivity index (χ0) is 14.3. The van der Waals surface area contributed by atoms with Crippen molar-refractivity contribution < 1.29 is 9.50 Å². The SMILES string of the molecule is Oc1c(Cl)cc(NC2CCc3c(F)cccc32)cc1Cl. The molecule has 2 nitrogen and oxygen atoms in total. The minimum absolute atomic E-state index is 0.0253. The van der Waals surface area contributed by atoms with Gasteiger partial charge in [-0.15, -0.1) is 0 Å². The molecule has 1 aliphatic carbocycles. The van der Waals surface area contributed by atoms with E-state index in [9.17, 15) is 9.50 Å². The lowest BCUT2D eigenvalue weighted by atomic mass is 10.1. The van der Waals surface area contributed by atoms with Gasteiger partial charge in [0, 0.05) is 5.69 Å². The third-order valence-electron chi connectivity index (χ3n) is 3.57. The van der Waals surface area contributed by atoms with Crippen molar-refractivity contribution in [2.45, 2.75) is 18.9 Å². The van der Waals surface area contributed by atoms with Gasteiger partial charge in [0.2, 0.25) is 0 Å². The number of fused-ring (bicyclic) bond motifs is 1. The highest BCUT2D eigenvalue weighted by atomic mass is 35.5. The smallest absolute Gasteiger partial charge is 0.152 e. The van der Waals surface area contributed by atoms with Crippen LogP contribution in [-0.4, -0.2) is 5.11 Å². The highest BCUT2D eigenvalue weighted by molar-refractivity contribution is 6.37. The topological polar surface area (TPSA) is 32.3 Å². The molecule has 5 heteroatoms. The van der Waals surface area contributed by atoms with Crippen molar-refractivity contribution in [1.29, 1.82) is 0 Å². The van der Waals surface area contributed by atoms with E-state index in [0.29, 0.717) is 12.1 Å². The largest absolute Gasteiger partial charge is 0.505 e. The maximum atomic E-state index is 13.7. The van der Waals surface area contributed by atoms with Gasteiger partial charge >= 0.3 is 0 Å². The predicted octanol–water partition coefficient (Wildman–Crippen LogP) is 4.94. The number of phenolic OH excluding ortho intramolecular Hbond substituents is 1. The van der Waals surface area contributed by atoms with E-state index in [0.717, 1.165) is 17.5 Å². The van der Waals surface area contributed by atoms with E-state index in [1.54, 1.807) is 18.2 Å². The lowest BCUT2D eigenvalue weighted by molar-refractivity contribution is 0.476. The molecule has 0 aliphatic heterocycles. The summed E-state index contributed by atoms with van der Waals surface area (Å²) < 4.78 is 13.7. The van der Waals surface area contributed by atoms with Gasteiger partial charge in [0.05, 0.1) is 16.1 Å². The molecule has 0 spiro atoms. The second-order valence-corrected chi connectivity index (χ2v) is 5.65. The molecular weight excluding hydrogens is 300 g/mol. The van der Waals surface area contributed by atoms with E-state index >= 15 is 0 Å². The van der Waals surface area contributed by atoms with Crippen molar-refractivity contribution in [2.24, 2.45) is 0 Å². The van der Waals surface area contributed by atoms with Crippen molar-refractivity contribution in [2.75, 3.05) is 5.32 Å². The quantitative estimate of drug-likeness (QED) is 0.770. The number of hydrogen-bond acceptors (Lipinski definition) is 2. The monoisotopic (exact) mass is 311 g/mol. The number of halogens is 3. The first kappa shape index (κ1) is 13.5. The zero-order valence-electron chi connectivity index (χ0n) is 10.5. The maximum Gasteiger partial charge on any atom is 0.152 e. The Bertz CT molecular complexity index is 652. The normalized spacial score (nSPS) is 17.1. The minimum Gasteiger partial charge on any atom is -0.505 e. The van der Waals surface area contributed by atoms with E-state index in [-0.39, 0.29) is 27.7 Å². The molecule has 0 saturated carbocycles. The number of phenols is 1. The number of nitrogens with one attached hydrogen (secondary N) is 1. The Labute approximate surface area is 126 Å². The first-order valence-corrected chi connectivity index (χ1v) is 7.03. The van der Waals surface area contributed by atoms with Crippen LogP contribution in [0.25, 0.3) is 0 Å². The summed E-state index contributed by atoms with van der Waals surface area (Å²) in [6.45, 7) is 0. The Morgan fingerprint density at radius 1 is 1.20 bits per heavy atom. The highest BCUT2D eigenvalue weighted by Gasteiger charge is 2.25. The first-order valence-electron chi connectivity index (χ1n) is 6.28. The van der Waals surface area contributed by atoms with Gasteiger partial charge in [-0.1, -0.05) is 35.3 Å². The van der Waals surface area contributed by atoms with Crippen LogP contribution in [0.15, 0.2) is 30.3 Å². The number of aromatic hydroxyl groups is 1. The average molecular weight is 312 g/mol. The van der Waals surface area contributed by atoms with Gasteiger partial charge < -0.3 is 10.4 Å². The third-order valence-corrected chi connectivity index (χ3v) is 4.15. The zero-order valence-corrected chi connectivity index (χ0v) is 12.0. The van der Waals surface area contributed by atoms with E-state index in [4.69, 9.17) is 23.2 Å². The van der Waals surface area contributed by atoms with E-state index in [1.807, 2.05) is 6.07 Å². The summed E-state index contributed by atoms with van der Waals surface area (Å²) in [5.41, 5.74) is 2.44. The van der Waals surface area contributed by atoms with Crippen molar-refractivity contribution >= 4 is 28.9 Å². The molecule has 104 valence electrons. The number of rotatable bonds is 2. The van der Waals surface area contributed by atoms with Crippen molar-refractivity contribution in [3.8, 4) is 5.75 Å². The van der Waals surface area contributed by atoms with Gasteiger partial charge in [-0.3, -0.25) is 0 Å². The Morgan fingerprint density at radius 3 is 2.60 bits per heavy atom. The van der Waals surface area contributed by atoms with Crippen LogP contribution >= 0.6 is 23.2 Å². The third kappa shape index (κ3) is 2.32. The summed E-state index contributed by atoms with van der Waals surface area (Å²) in [4.78, 5) is 0. The number of anilines is 1. The number of hydrogen-bond donors (Lipinski definition) is 2. The molecule has 0 bridgehead atoms. The molecular formula is C15H12Cl2FNO. The van der Waals surface area contributed by atoms with Crippen molar-refractivity contribution in [3.63, 3.8) is 0 Å². The Balaban J connectivity index is 1.90. The highest BCUT2D eigenvalue weighted by Crippen LogP contribution is 2.39. The van der Waals surface area contributed by atoms with Crippen molar-refractivity contribution in [1.82, 2.24) is 0 Å². The van der Waals surface area contributed by atoms with Gasteiger partial charge in [-0.05, 0) is 42.2 Å². The molecule has 0 fully saturated rings. The summed E-state index contributed by atoms with van der Waals surface area (Å²) in [5.74, 6) is -0.287. The Hall–Kier alpha value is -1.45. The van der Waals surface area contributed by atoms with Crippen LogP contribution in [0.2, 0.25) is 10.0 Å². The summed E-state index contributed by atoms with van der Waals surface area (Å²) in [7, 11) is 0. The second kappa shape index (κ2) is 5.15. The van der Waals surface area contributed by atoms with E-state index < -0.39 is 0 Å². The van der Waals surface area contributed by atoms with Crippen LogP contribution in [-0.2, 0) is 6.42 Å². The molecule has 3 rings (SSSR count). The van der Waals surface area contributed by atoms with Crippen LogP contribution in [0.3, 0.4) is 0 Å². The molecule has 2 aromatic carbocycles. The fourth-order valence-corrected chi connectivity index (χ4v) is 3.10. The second-order valence-electron chi connectivity index (χ2n) is 4.83. The summed E-state index contributed by atoms with van der Waals surface area (Å²) in [5, 5.41) is 13.2. The molecule has 1 atom stereocenters. The summed E-state index contributed by atoms with van der Waals surface area (Å²) >= 11 is 11.8. The van der Waals surface area contributed by atoms with Gasteiger partial charge in [-0.2, -0.15) is 0 Å². The fraction of sp³-hybridized carbons (Fsp3) is 0.200. The molecule has 0 saturated heterocycles. The van der Waals surface area contributed by atoms with Crippen LogP contribution in [0.4, 0.5) is 10.1 Å². The molecule has 1 unspecified atom stereocenters. The molecule has 0 aromatic heterocycles. The average Bonchev–Trinajstić information content (AvgIpc) is 2.81. The van der Waals surface area contributed by atoms with Gasteiger partial charge in [0.15, 0.2) is 5.75 Å². The molecule has 2 aromatic rings. The molecule has 1 aliphatic rings. The molecule has 0 heterocycles. The van der Waals surface area contributed by atoms with Gasteiger partial charge in [0.25, 0.3) is 0 Å². The fourth-order valence-electron chi connectivity index (χ4n) is 2.61. The molecule has 2 N–H and O–H groups in total. The standard InChI is InChI=1S/C15H12Cl2FNO/c16-11-6-8(7-12(17)15(11)20)19-14-5-4-9-10(14)2-1-3-13(9)18/h1-3,6-7,14,19-20H,4-5H2. The van der Waals surface area contributed by atoms with Crippen LogP contribution in [0, 0.1) is 5.82 Å². The lowest BCUT2D eigenvalue weighted by Gasteiger charge is -2.16. The summed E-state index contributed by atoms with van der Waals surface area (Å²) in [6, 6.07) is 8.37.